The summed E-state index contributed by atoms with van der Waals surface area (Å²) in [4.78, 5) is 3.69. The van der Waals surface area contributed by atoms with Crippen LogP contribution in [0.15, 0.2) is 17.1 Å². The van der Waals surface area contributed by atoms with Crippen LogP contribution in [0.5, 0.6) is 0 Å². The summed E-state index contributed by atoms with van der Waals surface area (Å²) in [5, 5.41) is 0. The molecule has 0 radical (unpaired) electrons. The van der Waals surface area contributed by atoms with Crippen LogP contribution >= 0.6 is 0 Å². The highest BCUT2D eigenvalue weighted by Crippen LogP contribution is 1.68. The zero-order chi connectivity index (χ0) is 5.70. The Morgan fingerprint density at radius 3 is 2.43 bits per heavy atom. The zero-order valence-corrected chi connectivity index (χ0v) is 4.68. The van der Waals surface area contributed by atoms with Gasteiger partial charge in [-0.05, 0) is 13.0 Å². The molecule has 0 aliphatic heterocycles. The van der Waals surface area contributed by atoms with Gasteiger partial charge in [0, 0.05) is 7.05 Å². The summed E-state index contributed by atoms with van der Waals surface area (Å²) in [5.74, 6) is 0.572. The van der Waals surface area contributed by atoms with Crippen molar-refractivity contribution in [3.8, 4) is 0 Å². The van der Waals surface area contributed by atoms with Crippen molar-refractivity contribution in [2.24, 2.45) is 10.7 Å². The fourth-order valence-corrected chi connectivity index (χ4v) is 0.245. The maximum absolute atomic E-state index is 5.25. The fourth-order valence-electron chi connectivity index (χ4n) is 0.245. The zero-order valence-electron chi connectivity index (χ0n) is 4.68. The molecule has 0 saturated heterocycles. The lowest BCUT2D eigenvalue weighted by Gasteiger charge is -1.81. The van der Waals surface area contributed by atoms with Gasteiger partial charge in [0.2, 0.25) is 0 Å². The molecule has 0 heterocycles. The molecule has 0 atom stereocenters. The van der Waals surface area contributed by atoms with Gasteiger partial charge in [-0.1, -0.05) is 6.08 Å². The lowest BCUT2D eigenvalue weighted by atomic mass is 10.5. The largest absolute Gasteiger partial charge is 0.384 e. The third kappa shape index (κ3) is 3.03. The van der Waals surface area contributed by atoms with Crippen LogP contribution < -0.4 is 5.73 Å². The van der Waals surface area contributed by atoms with E-state index >= 15 is 0 Å². The van der Waals surface area contributed by atoms with Gasteiger partial charge in [0.05, 0.1) is 0 Å². The molecule has 0 aromatic heterocycles. The number of hydrogen-bond donors (Lipinski definition) is 1. The van der Waals surface area contributed by atoms with Crippen LogP contribution in [0.3, 0.4) is 0 Å². The Morgan fingerprint density at radius 1 is 1.71 bits per heavy atom. The lowest BCUT2D eigenvalue weighted by molar-refractivity contribution is 1.41. The first-order valence-electron chi connectivity index (χ1n) is 2.16. The van der Waals surface area contributed by atoms with Crippen molar-refractivity contribution >= 4 is 5.84 Å². The summed E-state index contributed by atoms with van der Waals surface area (Å²) in [7, 11) is 1.66. The molecule has 2 nitrogen and oxygen atoms in total. The van der Waals surface area contributed by atoms with Gasteiger partial charge in [0.1, 0.15) is 5.84 Å². The molecule has 0 unspecified atom stereocenters. The number of allylic oxidation sites excluding steroid dienone is 1. The first-order chi connectivity index (χ1) is 3.31. The van der Waals surface area contributed by atoms with E-state index in [0.29, 0.717) is 5.84 Å². The third-order valence-electron chi connectivity index (χ3n) is 0.596. The van der Waals surface area contributed by atoms with Gasteiger partial charge >= 0.3 is 0 Å². The summed E-state index contributed by atoms with van der Waals surface area (Å²) >= 11 is 0. The predicted molar refractivity (Wildman–Crippen MR) is 32.4 cm³/mol. The van der Waals surface area contributed by atoms with Gasteiger partial charge < -0.3 is 5.73 Å². The van der Waals surface area contributed by atoms with Crippen LogP contribution in [0.4, 0.5) is 0 Å². The third-order valence-corrected chi connectivity index (χ3v) is 0.596. The van der Waals surface area contributed by atoms with Crippen LogP contribution in [0.25, 0.3) is 0 Å². The minimum absolute atomic E-state index is 0.572. The molecule has 2 N–H and O–H groups in total. The highest BCUT2D eigenvalue weighted by Gasteiger charge is 1.71. The summed E-state index contributed by atoms with van der Waals surface area (Å²) in [6, 6.07) is 0. The second-order valence-corrected chi connectivity index (χ2v) is 1.15. The second kappa shape index (κ2) is 3.40. The van der Waals surface area contributed by atoms with Crippen LogP contribution in [0.1, 0.15) is 6.92 Å². The molecule has 0 saturated carbocycles. The Kier molecular flexibility index (Phi) is 3.02. The van der Waals surface area contributed by atoms with Crippen molar-refractivity contribution < 1.29 is 0 Å². The number of aliphatic imine (C=N–C) groups is 1. The first kappa shape index (κ1) is 6.21. The Bertz CT molecular complexity index is 92.3. The van der Waals surface area contributed by atoms with Gasteiger partial charge in [-0.25, -0.2) is 0 Å². The minimum Gasteiger partial charge on any atom is -0.384 e. The molecular formula is C5H10N2. The van der Waals surface area contributed by atoms with E-state index in [2.05, 4.69) is 4.99 Å². The van der Waals surface area contributed by atoms with Gasteiger partial charge in [-0.2, -0.15) is 0 Å². The lowest BCUT2D eigenvalue weighted by Crippen LogP contribution is -2.06. The van der Waals surface area contributed by atoms with E-state index in [9.17, 15) is 0 Å². The van der Waals surface area contributed by atoms with Crippen LogP contribution in [0, 0.1) is 0 Å². The van der Waals surface area contributed by atoms with Crippen molar-refractivity contribution in [1.29, 1.82) is 0 Å². The maximum Gasteiger partial charge on any atom is 0.117 e. The Labute approximate surface area is 43.7 Å². The Balaban J connectivity index is 3.58. The molecule has 0 fully saturated rings. The van der Waals surface area contributed by atoms with Crippen molar-refractivity contribution in [2.75, 3.05) is 7.05 Å². The van der Waals surface area contributed by atoms with E-state index in [-0.39, 0.29) is 0 Å². The van der Waals surface area contributed by atoms with E-state index in [4.69, 9.17) is 5.73 Å². The van der Waals surface area contributed by atoms with Gasteiger partial charge in [0.25, 0.3) is 0 Å². The molecular weight excluding hydrogens is 88.1 g/mol. The summed E-state index contributed by atoms with van der Waals surface area (Å²) in [6.07, 6.45) is 3.60. The van der Waals surface area contributed by atoms with Crippen molar-refractivity contribution in [3.63, 3.8) is 0 Å². The highest BCUT2D eigenvalue weighted by molar-refractivity contribution is 5.91. The van der Waals surface area contributed by atoms with Gasteiger partial charge in [-0.3, -0.25) is 4.99 Å². The average Bonchev–Trinajstić information content (AvgIpc) is 1.68. The quantitative estimate of drug-likeness (QED) is 0.377. The number of nitrogens with zero attached hydrogens (tertiary/aromatic N) is 1. The van der Waals surface area contributed by atoms with Crippen LogP contribution in [-0.4, -0.2) is 12.9 Å². The number of hydrogen-bond acceptors (Lipinski definition) is 1. The molecule has 0 aliphatic rings. The van der Waals surface area contributed by atoms with E-state index < -0.39 is 0 Å². The number of rotatable bonds is 1. The first-order valence-corrected chi connectivity index (χ1v) is 2.16. The molecule has 2 heteroatoms. The van der Waals surface area contributed by atoms with E-state index in [1.165, 1.54) is 0 Å². The van der Waals surface area contributed by atoms with Crippen LogP contribution in [0.2, 0.25) is 0 Å². The number of nitrogens with two attached hydrogens (primary N) is 1. The molecule has 0 aromatic carbocycles. The normalized spacial score (nSPS) is 13.1. The molecule has 0 spiro atoms. The van der Waals surface area contributed by atoms with Gasteiger partial charge in [0.15, 0.2) is 0 Å². The second-order valence-electron chi connectivity index (χ2n) is 1.15. The maximum atomic E-state index is 5.25. The summed E-state index contributed by atoms with van der Waals surface area (Å²) < 4.78 is 0. The average molecular weight is 98.1 g/mol. The molecule has 0 rings (SSSR count). The minimum atomic E-state index is 0.572. The smallest absolute Gasteiger partial charge is 0.117 e. The molecule has 0 aliphatic carbocycles. The predicted octanol–water partition coefficient (Wildman–Crippen LogP) is 0.550. The molecule has 40 valence electrons. The SMILES string of the molecule is C/C=C\C(N)=N\C. The molecule has 7 heavy (non-hydrogen) atoms. The molecule has 0 amide bonds. The standard InChI is InChI=1S/C5H10N2/c1-3-4-5(6)7-2/h3-4H,1-2H3,(H2,6,7)/b4-3-. The Morgan fingerprint density at radius 2 is 2.29 bits per heavy atom. The fraction of sp³-hybridized carbons (Fsp3) is 0.400. The van der Waals surface area contributed by atoms with Crippen LogP contribution in [-0.2, 0) is 0 Å². The van der Waals surface area contributed by atoms with Gasteiger partial charge in [-0.15, -0.1) is 0 Å². The monoisotopic (exact) mass is 98.1 g/mol. The molecule has 0 aromatic rings. The molecule has 0 bridgehead atoms. The van der Waals surface area contributed by atoms with E-state index in [1.807, 2.05) is 13.0 Å². The van der Waals surface area contributed by atoms with Crippen molar-refractivity contribution in [2.45, 2.75) is 6.92 Å². The highest BCUT2D eigenvalue weighted by atomic mass is 14.8. The van der Waals surface area contributed by atoms with E-state index in [1.54, 1.807) is 13.1 Å². The summed E-state index contributed by atoms with van der Waals surface area (Å²) in [6.45, 7) is 1.90. The number of amidine groups is 1. The van der Waals surface area contributed by atoms with E-state index in [0.717, 1.165) is 0 Å². The Hall–Kier alpha value is -0.790. The van der Waals surface area contributed by atoms with Crippen molar-refractivity contribution in [3.05, 3.63) is 12.2 Å². The summed E-state index contributed by atoms with van der Waals surface area (Å²) in [5.41, 5.74) is 5.25. The topological polar surface area (TPSA) is 38.4 Å². The van der Waals surface area contributed by atoms with Crippen molar-refractivity contribution in [1.82, 2.24) is 0 Å².